The molecule has 17 heavy (non-hydrogen) atoms. The number of benzene rings is 1. The smallest absolute Gasteiger partial charge is 0.317 e. The van der Waals surface area contributed by atoms with Crippen molar-refractivity contribution >= 4 is 17.6 Å². The number of carbonyl (C=O) groups excluding carboxylic acids is 1. The minimum Gasteiger partial charge on any atom is -0.334 e. The van der Waals surface area contributed by atoms with Crippen LogP contribution in [0, 0.1) is 5.82 Å². The Balaban J connectivity index is 1.93. The van der Waals surface area contributed by atoms with Crippen molar-refractivity contribution in [1.29, 1.82) is 0 Å². The van der Waals surface area contributed by atoms with E-state index in [2.05, 4.69) is 5.32 Å². The van der Waals surface area contributed by atoms with Crippen molar-refractivity contribution < 1.29 is 9.18 Å². The van der Waals surface area contributed by atoms with Gasteiger partial charge in [0.25, 0.3) is 0 Å². The van der Waals surface area contributed by atoms with Crippen molar-refractivity contribution in [2.24, 2.45) is 0 Å². The first-order valence-electron chi connectivity index (χ1n) is 5.64. The van der Waals surface area contributed by atoms with Crippen LogP contribution < -0.4 is 5.32 Å². The summed E-state index contributed by atoms with van der Waals surface area (Å²) in [5.74, 6) is -0.462. The summed E-state index contributed by atoms with van der Waals surface area (Å²) in [6.07, 6.45) is 2.08. The number of nitrogens with one attached hydrogen (secondary N) is 1. The number of hydrogen-bond acceptors (Lipinski definition) is 1. The number of rotatable bonds is 2. The highest BCUT2D eigenvalue weighted by Gasteiger charge is 2.17. The van der Waals surface area contributed by atoms with Gasteiger partial charge < -0.3 is 10.2 Å². The molecule has 1 heterocycles. The van der Waals surface area contributed by atoms with Crippen molar-refractivity contribution in [3.05, 3.63) is 34.6 Å². The van der Waals surface area contributed by atoms with E-state index in [-0.39, 0.29) is 17.6 Å². The zero-order valence-electron chi connectivity index (χ0n) is 9.38. The van der Waals surface area contributed by atoms with Crippen LogP contribution in [0.5, 0.6) is 0 Å². The van der Waals surface area contributed by atoms with Crippen LogP contribution in [-0.2, 0) is 6.54 Å². The van der Waals surface area contributed by atoms with Crippen LogP contribution in [-0.4, -0.2) is 24.0 Å². The van der Waals surface area contributed by atoms with Gasteiger partial charge in [0.05, 0.1) is 5.02 Å². The maximum Gasteiger partial charge on any atom is 0.317 e. The van der Waals surface area contributed by atoms with E-state index >= 15 is 0 Å². The summed E-state index contributed by atoms with van der Waals surface area (Å²) >= 11 is 5.66. The Morgan fingerprint density at radius 2 is 2.12 bits per heavy atom. The molecule has 0 atom stereocenters. The molecule has 0 aliphatic carbocycles. The van der Waals surface area contributed by atoms with Crippen LogP contribution in [0.1, 0.15) is 18.4 Å². The summed E-state index contributed by atoms with van der Waals surface area (Å²) in [7, 11) is 0. The quantitative estimate of drug-likeness (QED) is 0.867. The minimum atomic E-state index is -0.462. The van der Waals surface area contributed by atoms with Crippen LogP contribution >= 0.6 is 11.6 Å². The molecule has 3 nitrogen and oxygen atoms in total. The molecule has 1 aliphatic rings. The van der Waals surface area contributed by atoms with Crippen LogP contribution in [0.4, 0.5) is 9.18 Å². The van der Waals surface area contributed by atoms with Gasteiger partial charge >= 0.3 is 6.03 Å². The Hall–Kier alpha value is -1.29. The van der Waals surface area contributed by atoms with E-state index in [1.807, 2.05) is 0 Å². The lowest BCUT2D eigenvalue weighted by Gasteiger charge is -2.16. The second kappa shape index (κ2) is 5.36. The molecule has 92 valence electrons. The summed E-state index contributed by atoms with van der Waals surface area (Å²) in [4.78, 5) is 13.4. The minimum absolute atomic E-state index is 0.0814. The summed E-state index contributed by atoms with van der Waals surface area (Å²) in [5, 5.41) is 2.78. The second-order valence-corrected chi connectivity index (χ2v) is 4.47. The van der Waals surface area contributed by atoms with E-state index in [1.165, 1.54) is 6.07 Å². The molecule has 0 radical (unpaired) electrons. The lowest BCUT2D eigenvalue weighted by molar-refractivity contribution is 0.208. The van der Waals surface area contributed by atoms with Crippen molar-refractivity contribution in [2.75, 3.05) is 13.1 Å². The van der Waals surface area contributed by atoms with Gasteiger partial charge in [0, 0.05) is 25.2 Å². The van der Waals surface area contributed by atoms with Crippen LogP contribution in [0.25, 0.3) is 0 Å². The fourth-order valence-corrected chi connectivity index (χ4v) is 2.08. The molecule has 5 heteroatoms. The van der Waals surface area contributed by atoms with Crippen LogP contribution in [0.3, 0.4) is 0 Å². The maximum atomic E-state index is 13.5. The van der Waals surface area contributed by atoms with E-state index < -0.39 is 5.82 Å². The monoisotopic (exact) mass is 256 g/mol. The Morgan fingerprint density at radius 1 is 1.41 bits per heavy atom. The van der Waals surface area contributed by atoms with Gasteiger partial charge in [-0.05, 0) is 18.9 Å². The van der Waals surface area contributed by atoms with E-state index in [1.54, 1.807) is 17.0 Å². The van der Waals surface area contributed by atoms with Gasteiger partial charge in [0.2, 0.25) is 0 Å². The SMILES string of the molecule is O=C(NCc1cccc(Cl)c1F)N1CCCC1. The van der Waals surface area contributed by atoms with Gasteiger partial charge in [-0.2, -0.15) is 0 Å². The fraction of sp³-hybridized carbons (Fsp3) is 0.417. The highest BCUT2D eigenvalue weighted by Crippen LogP contribution is 2.17. The standard InChI is InChI=1S/C12H14ClFN2O/c13-10-5-3-4-9(11(10)14)8-15-12(17)16-6-1-2-7-16/h3-5H,1-2,6-8H2,(H,15,17). The molecule has 1 fully saturated rings. The molecule has 2 amide bonds. The summed E-state index contributed by atoms with van der Waals surface area (Å²) in [6, 6.07) is 4.64. The third-order valence-corrected chi connectivity index (χ3v) is 3.15. The summed E-state index contributed by atoms with van der Waals surface area (Å²) < 4.78 is 13.5. The van der Waals surface area contributed by atoms with Crippen LogP contribution in [0.2, 0.25) is 5.02 Å². The van der Waals surface area contributed by atoms with Crippen molar-refractivity contribution in [1.82, 2.24) is 10.2 Å². The average molecular weight is 257 g/mol. The summed E-state index contributed by atoms with van der Waals surface area (Å²) in [6.45, 7) is 1.73. The Morgan fingerprint density at radius 3 is 2.82 bits per heavy atom. The molecule has 1 aromatic rings. The third-order valence-electron chi connectivity index (χ3n) is 2.85. The normalized spacial score (nSPS) is 15.1. The van der Waals surface area contributed by atoms with Crippen molar-refractivity contribution in [3.8, 4) is 0 Å². The van der Waals surface area contributed by atoms with Gasteiger partial charge in [-0.1, -0.05) is 23.7 Å². The van der Waals surface area contributed by atoms with E-state index in [4.69, 9.17) is 11.6 Å². The fourth-order valence-electron chi connectivity index (χ4n) is 1.89. The van der Waals surface area contributed by atoms with Crippen LogP contribution in [0.15, 0.2) is 18.2 Å². The predicted octanol–water partition coefficient (Wildman–Crippen LogP) is 2.78. The van der Waals surface area contributed by atoms with E-state index in [0.717, 1.165) is 25.9 Å². The molecule has 0 saturated carbocycles. The number of hydrogen-bond donors (Lipinski definition) is 1. The predicted molar refractivity (Wildman–Crippen MR) is 64.5 cm³/mol. The highest BCUT2D eigenvalue weighted by molar-refractivity contribution is 6.30. The van der Waals surface area contributed by atoms with Crippen molar-refractivity contribution in [2.45, 2.75) is 19.4 Å². The molecule has 0 bridgehead atoms. The van der Waals surface area contributed by atoms with E-state index in [0.29, 0.717) is 5.56 Å². The first kappa shape index (κ1) is 12.2. The molecule has 1 N–H and O–H groups in total. The topological polar surface area (TPSA) is 32.3 Å². The molecule has 0 spiro atoms. The second-order valence-electron chi connectivity index (χ2n) is 4.07. The molecule has 0 unspecified atom stereocenters. The Bertz CT molecular complexity index is 419. The molecule has 1 aromatic carbocycles. The maximum absolute atomic E-state index is 13.5. The number of likely N-dealkylation sites (tertiary alicyclic amines) is 1. The molecule has 0 aromatic heterocycles. The zero-order chi connectivity index (χ0) is 12.3. The van der Waals surface area contributed by atoms with Gasteiger partial charge in [0.1, 0.15) is 5.82 Å². The van der Waals surface area contributed by atoms with E-state index in [9.17, 15) is 9.18 Å². The Labute approximate surface area is 105 Å². The number of urea groups is 1. The first-order valence-corrected chi connectivity index (χ1v) is 6.02. The number of nitrogens with zero attached hydrogens (tertiary/aromatic N) is 1. The highest BCUT2D eigenvalue weighted by atomic mass is 35.5. The molecular weight excluding hydrogens is 243 g/mol. The van der Waals surface area contributed by atoms with Gasteiger partial charge in [-0.3, -0.25) is 0 Å². The largest absolute Gasteiger partial charge is 0.334 e. The first-order chi connectivity index (χ1) is 8.18. The summed E-state index contributed by atoms with van der Waals surface area (Å²) in [5.41, 5.74) is 0.407. The molecule has 1 aliphatic heterocycles. The Kier molecular flexibility index (Phi) is 3.84. The van der Waals surface area contributed by atoms with Gasteiger partial charge in [-0.25, -0.2) is 9.18 Å². The molecule has 2 rings (SSSR count). The third kappa shape index (κ3) is 2.88. The van der Waals surface area contributed by atoms with Crippen molar-refractivity contribution in [3.63, 3.8) is 0 Å². The number of halogens is 2. The lowest BCUT2D eigenvalue weighted by atomic mass is 10.2. The number of amides is 2. The average Bonchev–Trinajstić information content (AvgIpc) is 2.84. The van der Waals surface area contributed by atoms with Gasteiger partial charge in [0.15, 0.2) is 0 Å². The number of carbonyl (C=O) groups is 1. The molecular formula is C12H14ClFN2O. The lowest BCUT2D eigenvalue weighted by Crippen LogP contribution is -2.37. The zero-order valence-corrected chi connectivity index (χ0v) is 10.1. The molecule has 1 saturated heterocycles. The van der Waals surface area contributed by atoms with Gasteiger partial charge in [-0.15, -0.1) is 0 Å².